The van der Waals surface area contributed by atoms with Gasteiger partial charge in [0.05, 0.1) is 0 Å². The first-order valence-corrected chi connectivity index (χ1v) is 8.88. The number of nitrogens with one attached hydrogen (secondary N) is 1. The molecule has 3 nitrogen and oxygen atoms in total. The molecule has 3 aromatic carbocycles. The fraction of sp³-hybridized carbons (Fsp3) is 0.174. The Balaban J connectivity index is 1.56. The van der Waals surface area contributed by atoms with Gasteiger partial charge in [-0.15, -0.1) is 0 Å². The number of para-hydroxylation sites is 1. The second kappa shape index (κ2) is 8.86. The van der Waals surface area contributed by atoms with E-state index in [0.29, 0.717) is 11.3 Å². The van der Waals surface area contributed by atoms with E-state index in [-0.39, 0.29) is 11.9 Å². The van der Waals surface area contributed by atoms with E-state index in [1.807, 2.05) is 67.6 Å². The molecule has 0 aliphatic carbocycles. The van der Waals surface area contributed by atoms with Crippen molar-refractivity contribution < 1.29 is 9.53 Å². The Hall–Kier alpha value is -3.07. The second-order valence-corrected chi connectivity index (χ2v) is 6.34. The van der Waals surface area contributed by atoms with Gasteiger partial charge in [0.1, 0.15) is 11.5 Å². The SMILES string of the molecule is C[C@H](CCc1ccccc1)NC(=O)c1cccc(Oc2ccccc2)c1. The van der Waals surface area contributed by atoms with Gasteiger partial charge in [-0.2, -0.15) is 0 Å². The summed E-state index contributed by atoms with van der Waals surface area (Å²) in [5.41, 5.74) is 1.89. The van der Waals surface area contributed by atoms with Crippen molar-refractivity contribution in [3.63, 3.8) is 0 Å². The van der Waals surface area contributed by atoms with Crippen molar-refractivity contribution in [3.05, 3.63) is 96.1 Å². The molecule has 1 atom stereocenters. The first-order valence-electron chi connectivity index (χ1n) is 8.88. The van der Waals surface area contributed by atoms with Crippen LogP contribution in [0.2, 0.25) is 0 Å². The average molecular weight is 345 g/mol. The molecule has 0 spiro atoms. The summed E-state index contributed by atoms with van der Waals surface area (Å²) >= 11 is 0. The molecule has 1 N–H and O–H groups in total. The molecule has 3 heteroatoms. The number of carbonyl (C=O) groups excluding carboxylic acids is 1. The molecule has 0 aliphatic rings. The third-order valence-electron chi connectivity index (χ3n) is 4.16. The predicted octanol–water partition coefficient (Wildman–Crippen LogP) is 5.23. The summed E-state index contributed by atoms with van der Waals surface area (Å²) in [4.78, 5) is 12.5. The summed E-state index contributed by atoms with van der Waals surface area (Å²) in [6, 6.07) is 27.2. The normalized spacial score (nSPS) is 11.6. The highest BCUT2D eigenvalue weighted by atomic mass is 16.5. The van der Waals surface area contributed by atoms with Gasteiger partial charge in [-0.1, -0.05) is 54.6 Å². The van der Waals surface area contributed by atoms with Gasteiger partial charge in [0.15, 0.2) is 0 Å². The number of ether oxygens (including phenoxy) is 1. The largest absolute Gasteiger partial charge is 0.457 e. The van der Waals surface area contributed by atoms with Gasteiger partial charge in [-0.3, -0.25) is 4.79 Å². The summed E-state index contributed by atoms with van der Waals surface area (Å²) in [6.07, 6.45) is 1.84. The zero-order chi connectivity index (χ0) is 18.2. The molecule has 132 valence electrons. The fourth-order valence-electron chi connectivity index (χ4n) is 2.73. The van der Waals surface area contributed by atoms with Crippen molar-refractivity contribution in [2.24, 2.45) is 0 Å². The molecule has 0 unspecified atom stereocenters. The third kappa shape index (κ3) is 5.21. The van der Waals surface area contributed by atoms with Crippen molar-refractivity contribution in [2.45, 2.75) is 25.8 Å². The maximum Gasteiger partial charge on any atom is 0.251 e. The van der Waals surface area contributed by atoms with Crippen LogP contribution in [0.1, 0.15) is 29.3 Å². The zero-order valence-electron chi connectivity index (χ0n) is 14.9. The maximum atomic E-state index is 12.5. The minimum atomic E-state index is -0.0796. The van der Waals surface area contributed by atoms with Crippen molar-refractivity contribution in [2.75, 3.05) is 0 Å². The Morgan fingerprint density at radius 1 is 0.885 bits per heavy atom. The number of aryl methyl sites for hydroxylation is 1. The van der Waals surface area contributed by atoms with Crippen LogP contribution in [-0.2, 0) is 6.42 Å². The Morgan fingerprint density at radius 2 is 1.54 bits per heavy atom. The lowest BCUT2D eigenvalue weighted by molar-refractivity contribution is 0.0938. The molecule has 0 aliphatic heterocycles. The lowest BCUT2D eigenvalue weighted by Gasteiger charge is -2.14. The Labute approximate surface area is 154 Å². The van der Waals surface area contributed by atoms with E-state index >= 15 is 0 Å². The standard InChI is InChI=1S/C23H23NO2/c1-18(15-16-19-9-4-2-5-10-19)24-23(25)20-11-8-14-22(17-20)26-21-12-6-3-7-13-21/h2-14,17-18H,15-16H2,1H3,(H,24,25)/t18-/m1/s1. The summed E-state index contributed by atoms with van der Waals surface area (Å²) in [6.45, 7) is 2.03. The molecule has 0 fully saturated rings. The van der Waals surface area contributed by atoms with E-state index < -0.39 is 0 Å². The van der Waals surface area contributed by atoms with Crippen molar-refractivity contribution in [3.8, 4) is 11.5 Å². The van der Waals surface area contributed by atoms with Gasteiger partial charge in [0, 0.05) is 11.6 Å². The molecule has 26 heavy (non-hydrogen) atoms. The Bertz CT molecular complexity index is 831. The van der Waals surface area contributed by atoms with Gasteiger partial charge >= 0.3 is 0 Å². The molecule has 0 radical (unpaired) electrons. The van der Waals surface area contributed by atoms with Gasteiger partial charge in [-0.05, 0) is 55.7 Å². The Kier molecular flexibility index (Phi) is 6.05. The number of hydrogen-bond donors (Lipinski definition) is 1. The monoisotopic (exact) mass is 345 g/mol. The van der Waals surface area contributed by atoms with Crippen LogP contribution >= 0.6 is 0 Å². The van der Waals surface area contributed by atoms with E-state index in [2.05, 4.69) is 17.4 Å². The van der Waals surface area contributed by atoms with Gasteiger partial charge in [-0.25, -0.2) is 0 Å². The second-order valence-electron chi connectivity index (χ2n) is 6.34. The minimum Gasteiger partial charge on any atom is -0.457 e. The molecule has 3 rings (SSSR count). The number of amides is 1. The van der Waals surface area contributed by atoms with Crippen LogP contribution in [0.3, 0.4) is 0 Å². The summed E-state index contributed by atoms with van der Waals surface area (Å²) in [7, 11) is 0. The van der Waals surface area contributed by atoms with Crippen molar-refractivity contribution in [1.29, 1.82) is 0 Å². The highest BCUT2D eigenvalue weighted by Crippen LogP contribution is 2.21. The fourth-order valence-corrected chi connectivity index (χ4v) is 2.73. The molecular weight excluding hydrogens is 322 g/mol. The molecule has 0 aromatic heterocycles. The molecule has 0 saturated carbocycles. The highest BCUT2D eigenvalue weighted by Gasteiger charge is 2.11. The quantitative estimate of drug-likeness (QED) is 0.637. The lowest BCUT2D eigenvalue weighted by atomic mass is 10.1. The van der Waals surface area contributed by atoms with Gasteiger partial charge in [0.25, 0.3) is 5.91 Å². The van der Waals surface area contributed by atoms with Crippen molar-refractivity contribution >= 4 is 5.91 Å². The molecule has 0 heterocycles. The predicted molar refractivity (Wildman–Crippen MR) is 105 cm³/mol. The first-order chi connectivity index (χ1) is 12.7. The first kappa shape index (κ1) is 17.7. The van der Waals surface area contributed by atoms with Gasteiger partial charge in [0.2, 0.25) is 0 Å². The minimum absolute atomic E-state index is 0.0796. The van der Waals surface area contributed by atoms with Gasteiger partial charge < -0.3 is 10.1 Å². The number of benzene rings is 3. The topological polar surface area (TPSA) is 38.3 Å². The molecule has 3 aromatic rings. The number of carbonyl (C=O) groups is 1. The zero-order valence-corrected chi connectivity index (χ0v) is 14.9. The van der Waals surface area contributed by atoms with Crippen LogP contribution in [0.25, 0.3) is 0 Å². The van der Waals surface area contributed by atoms with Crippen molar-refractivity contribution in [1.82, 2.24) is 5.32 Å². The van der Waals surface area contributed by atoms with E-state index in [4.69, 9.17) is 4.74 Å². The molecular formula is C23H23NO2. The molecule has 0 bridgehead atoms. The average Bonchev–Trinajstić information content (AvgIpc) is 2.68. The smallest absolute Gasteiger partial charge is 0.251 e. The van der Waals surface area contributed by atoms with E-state index in [0.717, 1.165) is 18.6 Å². The van der Waals surface area contributed by atoms with Crippen LogP contribution in [-0.4, -0.2) is 11.9 Å². The number of hydrogen-bond acceptors (Lipinski definition) is 2. The summed E-state index contributed by atoms with van der Waals surface area (Å²) in [5.74, 6) is 1.33. The Morgan fingerprint density at radius 3 is 2.27 bits per heavy atom. The molecule has 1 amide bonds. The lowest BCUT2D eigenvalue weighted by Crippen LogP contribution is -2.32. The highest BCUT2D eigenvalue weighted by molar-refractivity contribution is 5.94. The maximum absolute atomic E-state index is 12.5. The van der Waals surface area contributed by atoms with Crippen LogP contribution < -0.4 is 10.1 Å². The summed E-state index contributed by atoms with van der Waals surface area (Å²) in [5, 5.41) is 3.06. The number of rotatable bonds is 7. The van der Waals surface area contributed by atoms with Crippen LogP contribution in [0, 0.1) is 0 Å². The van der Waals surface area contributed by atoms with E-state index in [9.17, 15) is 4.79 Å². The van der Waals surface area contributed by atoms with Crippen LogP contribution in [0.4, 0.5) is 0 Å². The summed E-state index contributed by atoms with van der Waals surface area (Å²) < 4.78 is 5.80. The molecule has 0 saturated heterocycles. The van der Waals surface area contributed by atoms with E-state index in [1.165, 1.54) is 5.56 Å². The van der Waals surface area contributed by atoms with Crippen LogP contribution in [0.5, 0.6) is 11.5 Å². The third-order valence-corrected chi connectivity index (χ3v) is 4.16. The van der Waals surface area contributed by atoms with E-state index in [1.54, 1.807) is 12.1 Å². The van der Waals surface area contributed by atoms with Crippen LogP contribution in [0.15, 0.2) is 84.9 Å².